The molecular weight excluding hydrogens is 232 g/mol. The van der Waals surface area contributed by atoms with Crippen LogP contribution in [-0.2, 0) is 10.3 Å². The number of ether oxygens (including phenoxy) is 1. The molecule has 3 nitrogen and oxygen atoms in total. The van der Waals surface area contributed by atoms with Gasteiger partial charge in [0, 0.05) is 18.5 Å². The van der Waals surface area contributed by atoms with E-state index in [-0.39, 0.29) is 5.60 Å². The number of aromatic nitrogens is 1. The molecule has 1 aromatic rings. The average Bonchev–Trinajstić information content (AvgIpc) is 2.99. The number of nitrogens with one attached hydrogen (secondary N) is 1. The molecule has 1 fully saturated rings. The quantitative estimate of drug-likeness (QED) is 0.876. The van der Waals surface area contributed by atoms with E-state index in [4.69, 9.17) is 9.72 Å². The topological polar surface area (TPSA) is 34.1 Å². The van der Waals surface area contributed by atoms with Crippen molar-refractivity contribution >= 4 is 11.3 Å². The highest BCUT2D eigenvalue weighted by atomic mass is 32.1. The molecule has 1 saturated carbocycles. The van der Waals surface area contributed by atoms with Gasteiger partial charge in [0.05, 0.1) is 5.69 Å². The Kier molecular flexibility index (Phi) is 4.17. The molecule has 0 aliphatic heterocycles. The SMILES string of the molecule is CCNC(C)c1csc(C2(OC)CCCC2)n1. The molecule has 0 saturated heterocycles. The van der Waals surface area contributed by atoms with Crippen LogP contribution in [0.1, 0.15) is 56.3 Å². The van der Waals surface area contributed by atoms with Gasteiger partial charge in [-0.05, 0) is 26.3 Å². The van der Waals surface area contributed by atoms with Gasteiger partial charge < -0.3 is 10.1 Å². The maximum atomic E-state index is 5.77. The molecule has 4 heteroatoms. The van der Waals surface area contributed by atoms with Crippen molar-refractivity contribution in [3.8, 4) is 0 Å². The molecule has 1 aromatic heterocycles. The third-order valence-electron chi connectivity index (χ3n) is 3.67. The third-order valence-corrected chi connectivity index (χ3v) is 4.71. The van der Waals surface area contributed by atoms with Gasteiger partial charge in [0.15, 0.2) is 0 Å². The zero-order chi connectivity index (χ0) is 12.3. The number of nitrogens with zero attached hydrogens (tertiary/aromatic N) is 1. The van der Waals surface area contributed by atoms with Gasteiger partial charge in [-0.2, -0.15) is 0 Å². The van der Waals surface area contributed by atoms with Gasteiger partial charge >= 0.3 is 0 Å². The summed E-state index contributed by atoms with van der Waals surface area (Å²) in [5.74, 6) is 0. The van der Waals surface area contributed by atoms with Crippen molar-refractivity contribution in [2.24, 2.45) is 0 Å². The first-order valence-electron chi connectivity index (χ1n) is 6.46. The summed E-state index contributed by atoms with van der Waals surface area (Å²) >= 11 is 1.75. The van der Waals surface area contributed by atoms with Gasteiger partial charge in [0.25, 0.3) is 0 Å². The summed E-state index contributed by atoms with van der Waals surface area (Å²) in [5.41, 5.74) is 1.06. The monoisotopic (exact) mass is 254 g/mol. The highest BCUT2D eigenvalue weighted by molar-refractivity contribution is 7.09. The van der Waals surface area contributed by atoms with Crippen molar-refractivity contribution < 1.29 is 4.74 Å². The van der Waals surface area contributed by atoms with E-state index in [2.05, 4.69) is 24.5 Å². The molecule has 1 aliphatic carbocycles. The molecule has 0 amide bonds. The fraction of sp³-hybridized carbons (Fsp3) is 0.769. The predicted octanol–water partition coefficient (Wildman–Crippen LogP) is 3.23. The molecule has 96 valence electrons. The van der Waals surface area contributed by atoms with Crippen LogP contribution >= 0.6 is 11.3 Å². The van der Waals surface area contributed by atoms with Crippen molar-refractivity contribution in [3.63, 3.8) is 0 Å². The molecule has 1 atom stereocenters. The lowest BCUT2D eigenvalue weighted by atomic mass is 10.0. The summed E-state index contributed by atoms with van der Waals surface area (Å²) in [4.78, 5) is 4.78. The lowest BCUT2D eigenvalue weighted by Crippen LogP contribution is -2.24. The van der Waals surface area contributed by atoms with Crippen molar-refractivity contribution in [1.29, 1.82) is 0 Å². The normalized spacial score (nSPS) is 20.6. The Balaban J connectivity index is 2.16. The molecule has 17 heavy (non-hydrogen) atoms. The Bertz CT molecular complexity index is 358. The molecule has 1 aliphatic rings. The molecular formula is C13H22N2OS. The van der Waals surface area contributed by atoms with Crippen LogP contribution in [-0.4, -0.2) is 18.6 Å². The van der Waals surface area contributed by atoms with Crippen LogP contribution in [0.2, 0.25) is 0 Å². The van der Waals surface area contributed by atoms with E-state index in [0.29, 0.717) is 6.04 Å². The van der Waals surface area contributed by atoms with Crippen LogP contribution in [0.25, 0.3) is 0 Å². The number of thiazole rings is 1. The summed E-state index contributed by atoms with van der Waals surface area (Å²) in [5, 5.41) is 6.73. The van der Waals surface area contributed by atoms with E-state index in [1.165, 1.54) is 12.8 Å². The van der Waals surface area contributed by atoms with Crippen molar-refractivity contribution in [2.45, 2.75) is 51.2 Å². The van der Waals surface area contributed by atoms with E-state index >= 15 is 0 Å². The highest BCUT2D eigenvalue weighted by Gasteiger charge is 2.38. The number of hydrogen-bond acceptors (Lipinski definition) is 4. The van der Waals surface area contributed by atoms with Gasteiger partial charge in [0.1, 0.15) is 10.6 Å². The van der Waals surface area contributed by atoms with E-state index in [1.54, 1.807) is 11.3 Å². The lowest BCUT2D eigenvalue weighted by molar-refractivity contribution is -0.00900. The van der Waals surface area contributed by atoms with E-state index in [9.17, 15) is 0 Å². The molecule has 0 spiro atoms. The Labute approximate surface area is 108 Å². The van der Waals surface area contributed by atoms with Crippen LogP contribution in [0.5, 0.6) is 0 Å². The molecule has 0 aromatic carbocycles. The standard InChI is InChI=1S/C13H22N2OS/c1-4-14-10(2)11-9-17-12(15-11)13(16-3)7-5-6-8-13/h9-10,14H,4-8H2,1-3H3. The van der Waals surface area contributed by atoms with Crippen molar-refractivity contribution in [2.75, 3.05) is 13.7 Å². The minimum atomic E-state index is -0.0884. The zero-order valence-electron chi connectivity index (χ0n) is 11.0. The first kappa shape index (κ1) is 13.0. The van der Waals surface area contributed by atoms with E-state index in [0.717, 1.165) is 30.1 Å². The maximum absolute atomic E-state index is 5.77. The van der Waals surface area contributed by atoms with Crippen molar-refractivity contribution in [1.82, 2.24) is 10.3 Å². The van der Waals surface area contributed by atoms with Crippen molar-refractivity contribution in [3.05, 3.63) is 16.1 Å². The fourth-order valence-electron chi connectivity index (χ4n) is 2.56. The van der Waals surface area contributed by atoms with Crippen LogP contribution in [0.15, 0.2) is 5.38 Å². The summed E-state index contributed by atoms with van der Waals surface area (Å²) in [6.07, 6.45) is 4.75. The summed E-state index contributed by atoms with van der Waals surface area (Å²) in [7, 11) is 1.82. The minimum absolute atomic E-state index is 0.0884. The van der Waals surface area contributed by atoms with E-state index < -0.39 is 0 Å². The highest BCUT2D eigenvalue weighted by Crippen LogP contribution is 2.43. The molecule has 0 radical (unpaired) electrons. The third kappa shape index (κ3) is 2.54. The summed E-state index contributed by atoms with van der Waals surface area (Å²) < 4.78 is 5.77. The molecule has 1 N–H and O–H groups in total. The van der Waals surface area contributed by atoms with E-state index in [1.807, 2.05) is 7.11 Å². The smallest absolute Gasteiger partial charge is 0.125 e. The average molecular weight is 254 g/mol. The molecule has 1 unspecified atom stereocenters. The van der Waals surface area contributed by atoms with Gasteiger partial charge in [-0.1, -0.05) is 19.8 Å². The first-order chi connectivity index (χ1) is 8.22. The first-order valence-corrected chi connectivity index (χ1v) is 7.34. The molecule has 1 heterocycles. The van der Waals surface area contributed by atoms with Gasteiger partial charge in [-0.15, -0.1) is 11.3 Å². The number of rotatable bonds is 5. The van der Waals surface area contributed by atoms with Gasteiger partial charge in [-0.3, -0.25) is 0 Å². The lowest BCUT2D eigenvalue weighted by Gasteiger charge is -2.24. The second-order valence-electron chi connectivity index (χ2n) is 4.76. The molecule has 2 rings (SSSR count). The maximum Gasteiger partial charge on any atom is 0.125 e. The Morgan fingerprint density at radius 1 is 1.53 bits per heavy atom. The van der Waals surface area contributed by atoms with Gasteiger partial charge in [0.2, 0.25) is 0 Å². The summed E-state index contributed by atoms with van der Waals surface area (Å²) in [6.45, 7) is 5.26. The van der Waals surface area contributed by atoms with Gasteiger partial charge in [-0.25, -0.2) is 4.98 Å². The second-order valence-corrected chi connectivity index (χ2v) is 5.62. The number of methoxy groups -OCH3 is 1. The van der Waals surface area contributed by atoms with Crippen LogP contribution in [0.4, 0.5) is 0 Å². The summed E-state index contributed by atoms with van der Waals surface area (Å²) in [6, 6.07) is 0.334. The van der Waals surface area contributed by atoms with Crippen LogP contribution in [0.3, 0.4) is 0 Å². The minimum Gasteiger partial charge on any atom is -0.371 e. The second kappa shape index (κ2) is 5.46. The Hall–Kier alpha value is -0.450. The number of hydrogen-bond donors (Lipinski definition) is 1. The predicted molar refractivity (Wildman–Crippen MR) is 71.4 cm³/mol. The Morgan fingerprint density at radius 2 is 2.24 bits per heavy atom. The van der Waals surface area contributed by atoms with Crippen LogP contribution in [0, 0.1) is 0 Å². The molecule has 0 bridgehead atoms. The van der Waals surface area contributed by atoms with Crippen LogP contribution < -0.4 is 5.32 Å². The fourth-order valence-corrected chi connectivity index (χ4v) is 3.71. The largest absolute Gasteiger partial charge is 0.371 e. The zero-order valence-corrected chi connectivity index (χ0v) is 11.8. The Morgan fingerprint density at radius 3 is 2.82 bits per heavy atom.